The summed E-state index contributed by atoms with van der Waals surface area (Å²) in [6.45, 7) is 1.93. The average molecular weight is 375 g/mol. The summed E-state index contributed by atoms with van der Waals surface area (Å²) in [5.74, 6) is 0. The third-order valence-corrected chi connectivity index (χ3v) is 4.91. The topological polar surface area (TPSA) is 82.3 Å². The number of rotatable bonds is 10. The van der Waals surface area contributed by atoms with E-state index in [0.29, 0.717) is 25.7 Å². The Morgan fingerprint density at radius 3 is 2.07 bits per heavy atom. The van der Waals surface area contributed by atoms with Crippen molar-refractivity contribution < 1.29 is 9.59 Å². The van der Waals surface area contributed by atoms with E-state index in [1.54, 1.807) is 0 Å². The molecule has 27 heavy (non-hydrogen) atoms. The van der Waals surface area contributed by atoms with Gasteiger partial charge in [0.05, 0.1) is 0 Å². The third kappa shape index (κ3) is 9.87. The second kappa shape index (κ2) is 13.0. The van der Waals surface area contributed by atoms with Crippen molar-refractivity contribution in [3.8, 4) is 0 Å². The first-order valence-corrected chi connectivity index (χ1v) is 10.3. The Morgan fingerprint density at radius 1 is 0.778 bits per heavy atom. The molecule has 0 spiro atoms. The summed E-state index contributed by atoms with van der Waals surface area (Å²) in [6.07, 6.45) is 9.99. The molecule has 0 radical (unpaired) electrons. The Morgan fingerprint density at radius 2 is 1.41 bits per heavy atom. The lowest BCUT2D eigenvalue weighted by Crippen LogP contribution is -2.43. The van der Waals surface area contributed by atoms with Gasteiger partial charge in [0.1, 0.15) is 0 Å². The van der Waals surface area contributed by atoms with Crippen LogP contribution in [0.5, 0.6) is 0 Å². The molecule has 1 aromatic carbocycles. The molecule has 1 fully saturated rings. The van der Waals surface area contributed by atoms with Gasteiger partial charge in [-0.3, -0.25) is 0 Å². The van der Waals surface area contributed by atoms with Crippen molar-refractivity contribution in [2.75, 3.05) is 13.1 Å². The smallest absolute Gasteiger partial charge is 0.315 e. The highest BCUT2D eigenvalue weighted by atomic mass is 16.2. The third-order valence-electron chi connectivity index (χ3n) is 4.91. The van der Waals surface area contributed by atoms with Gasteiger partial charge in [-0.2, -0.15) is 0 Å². The molecule has 6 heteroatoms. The van der Waals surface area contributed by atoms with Crippen LogP contribution in [0.4, 0.5) is 9.59 Å². The molecule has 1 saturated carbocycles. The van der Waals surface area contributed by atoms with Gasteiger partial charge in [0.2, 0.25) is 0 Å². The van der Waals surface area contributed by atoms with Crippen LogP contribution in [0.2, 0.25) is 0 Å². The quantitative estimate of drug-likeness (QED) is 0.471. The molecule has 1 aliphatic carbocycles. The first-order chi connectivity index (χ1) is 13.2. The number of benzene rings is 1. The fraction of sp³-hybridized carbons (Fsp3) is 0.619. The number of amides is 4. The highest BCUT2D eigenvalue weighted by molar-refractivity contribution is 5.74. The predicted octanol–water partition coefficient (Wildman–Crippen LogP) is 3.68. The van der Waals surface area contributed by atoms with E-state index >= 15 is 0 Å². The largest absolute Gasteiger partial charge is 0.338 e. The molecule has 1 aliphatic rings. The Kier molecular flexibility index (Phi) is 10.1. The van der Waals surface area contributed by atoms with E-state index in [1.165, 1.54) is 19.3 Å². The van der Waals surface area contributed by atoms with E-state index in [1.807, 2.05) is 30.3 Å². The summed E-state index contributed by atoms with van der Waals surface area (Å²) in [5, 5.41) is 11.7. The maximum Gasteiger partial charge on any atom is 0.315 e. The number of urea groups is 2. The Balaban J connectivity index is 1.37. The highest BCUT2D eigenvalue weighted by Crippen LogP contribution is 2.17. The molecule has 0 aliphatic heterocycles. The minimum Gasteiger partial charge on any atom is -0.338 e. The fourth-order valence-corrected chi connectivity index (χ4v) is 3.33. The summed E-state index contributed by atoms with van der Waals surface area (Å²) >= 11 is 0. The van der Waals surface area contributed by atoms with E-state index in [9.17, 15) is 9.59 Å². The van der Waals surface area contributed by atoms with Crippen LogP contribution in [0.15, 0.2) is 30.3 Å². The molecule has 0 atom stereocenters. The molecule has 0 bridgehead atoms. The first-order valence-electron chi connectivity index (χ1n) is 10.3. The SMILES string of the molecule is O=C(NCCCCCCNC(=O)NC1CCCCC1)NCc1ccccc1. The lowest BCUT2D eigenvalue weighted by Gasteiger charge is -2.22. The lowest BCUT2D eigenvalue weighted by molar-refractivity contribution is 0.232. The van der Waals surface area contributed by atoms with E-state index in [-0.39, 0.29) is 12.1 Å². The highest BCUT2D eigenvalue weighted by Gasteiger charge is 2.14. The van der Waals surface area contributed by atoms with Gasteiger partial charge in [0.15, 0.2) is 0 Å². The summed E-state index contributed by atoms with van der Waals surface area (Å²) in [7, 11) is 0. The second-order valence-electron chi connectivity index (χ2n) is 7.24. The summed E-state index contributed by atoms with van der Waals surface area (Å²) in [6, 6.07) is 10.1. The summed E-state index contributed by atoms with van der Waals surface area (Å²) < 4.78 is 0. The molecule has 4 amide bonds. The molecule has 1 aromatic rings. The number of carbonyl (C=O) groups is 2. The van der Waals surface area contributed by atoms with Crippen LogP contribution in [0.1, 0.15) is 63.4 Å². The van der Waals surface area contributed by atoms with Gasteiger partial charge < -0.3 is 21.3 Å². The van der Waals surface area contributed by atoms with Crippen molar-refractivity contribution in [2.24, 2.45) is 0 Å². The molecule has 0 aromatic heterocycles. The van der Waals surface area contributed by atoms with Crippen molar-refractivity contribution in [1.82, 2.24) is 21.3 Å². The Hall–Kier alpha value is -2.24. The van der Waals surface area contributed by atoms with Crippen molar-refractivity contribution in [2.45, 2.75) is 70.4 Å². The summed E-state index contributed by atoms with van der Waals surface area (Å²) in [4.78, 5) is 23.5. The minimum atomic E-state index is -0.125. The van der Waals surface area contributed by atoms with Crippen LogP contribution in [0.25, 0.3) is 0 Å². The van der Waals surface area contributed by atoms with E-state index in [0.717, 1.165) is 44.1 Å². The number of carbonyl (C=O) groups excluding carboxylic acids is 2. The second-order valence-corrected chi connectivity index (χ2v) is 7.24. The number of nitrogens with one attached hydrogen (secondary N) is 4. The number of hydrogen-bond donors (Lipinski definition) is 4. The average Bonchev–Trinajstić information content (AvgIpc) is 2.70. The van der Waals surface area contributed by atoms with Crippen LogP contribution in [-0.4, -0.2) is 31.2 Å². The molecule has 4 N–H and O–H groups in total. The van der Waals surface area contributed by atoms with Gasteiger partial charge in [0.25, 0.3) is 0 Å². The van der Waals surface area contributed by atoms with Crippen molar-refractivity contribution in [3.05, 3.63) is 35.9 Å². The fourth-order valence-electron chi connectivity index (χ4n) is 3.33. The van der Waals surface area contributed by atoms with Gasteiger partial charge in [-0.05, 0) is 31.2 Å². The van der Waals surface area contributed by atoms with E-state index in [2.05, 4.69) is 21.3 Å². The molecule has 2 rings (SSSR count). The van der Waals surface area contributed by atoms with Crippen LogP contribution in [-0.2, 0) is 6.54 Å². The van der Waals surface area contributed by atoms with Gasteiger partial charge in [-0.15, -0.1) is 0 Å². The molecule has 0 unspecified atom stereocenters. The maximum absolute atomic E-state index is 11.8. The normalized spacial score (nSPS) is 14.4. The molecule has 0 heterocycles. The van der Waals surface area contributed by atoms with Gasteiger partial charge in [0, 0.05) is 25.7 Å². The zero-order valence-corrected chi connectivity index (χ0v) is 16.3. The van der Waals surface area contributed by atoms with E-state index in [4.69, 9.17) is 0 Å². The van der Waals surface area contributed by atoms with Crippen LogP contribution in [0.3, 0.4) is 0 Å². The lowest BCUT2D eigenvalue weighted by atomic mass is 9.96. The Bertz CT molecular complexity index is 544. The van der Waals surface area contributed by atoms with Crippen LogP contribution in [0, 0.1) is 0 Å². The number of hydrogen-bond acceptors (Lipinski definition) is 2. The van der Waals surface area contributed by atoms with Crippen molar-refractivity contribution in [3.63, 3.8) is 0 Å². The zero-order valence-electron chi connectivity index (χ0n) is 16.3. The first kappa shape index (κ1) is 21.1. The van der Waals surface area contributed by atoms with E-state index < -0.39 is 0 Å². The van der Waals surface area contributed by atoms with Gasteiger partial charge >= 0.3 is 12.1 Å². The van der Waals surface area contributed by atoms with Crippen LogP contribution >= 0.6 is 0 Å². The Labute approximate surface area is 162 Å². The van der Waals surface area contributed by atoms with Crippen molar-refractivity contribution >= 4 is 12.1 Å². The molecule has 150 valence electrons. The van der Waals surface area contributed by atoms with Gasteiger partial charge in [-0.25, -0.2) is 9.59 Å². The van der Waals surface area contributed by atoms with Crippen molar-refractivity contribution in [1.29, 1.82) is 0 Å². The molecular formula is C21H34N4O2. The molecule has 0 saturated heterocycles. The maximum atomic E-state index is 11.8. The predicted molar refractivity (Wildman–Crippen MR) is 109 cm³/mol. The monoisotopic (exact) mass is 374 g/mol. The molecular weight excluding hydrogens is 340 g/mol. The van der Waals surface area contributed by atoms with Gasteiger partial charge in [-0.1, -0.05) is 62.4 Å². The summed E-state index contributed by atoms with van der Waals surface area (Å²) in [5.41, 5.74) is 1.09. The number of unbranched alkanes of at least 4 members (excludes halogenated alkanes) is 3. The van der Waals surface area contributed by atoms with Crippen LogP contribution < -0.4 is 21.3 Å². The molecule has 6 nitrogen and oxygen atoms in total. The minimum absolute atomic E-state index is 0.0290. The standard InChI is InChI=1S/C21H34N4O2/c26-20(24-17-18-11-5-3-6-12-18)22-15-9-1-2-10-16-23-21(27)25-19-13-7-4-8-14-19/h3,5-6,11-12,19H,1-2,4,7-10,13-17H2,(H2,22,24,26)(H2,23,25,27). The zero-order chi connectivity index (χ0) is 19.2.